The Morgan fingerprint density at radius 2 is 1.70 bits per heavy atom. The topological polar surface area (TPSA) is 47.8 Å². The lowest BCUT2D eigenvalue weighted by atomic mass is 10.0. The molecule has 4 nitrogen and oxygen atoms in total. The average molecular weight is 446 g/mol. The van der Waals surface area contributed by atoms with E-state index in [1.54, 1.807) is 6.20 Å². The zero-order valence-electron chi connectivity index (χ0n) is 17.8. The first-order valence-corrected chi connectivity index (χ1v) is 11.5. The van der Waals surface area contributed by atoms with E-state index in [1.165, 1.54) is 32.1 Å². The van der Waals surface area contributed by atoms with E-state index < -0.39 is 0 Å². The van der Waals surface area contributed by atoms with Crippen molar-refractivity contribution in [1.29, 1.82) is 0 Å². The Balaban J connectivity index is 1.66. The van der Waals surface area contributed by atoms with Gasteiger partial charge in [0.25, 0.3) is 0 Å². The number of unbranched alkanes of at least 4 members (excludes halogenated alkanes) is 6. The van der Waals surface area contributed by atoms with Crippen molar-refractivity contribution >= 4 is 40.1 Å². The second-order valence-electron chi connectivity index (χ2n) is 7.83. The second-order valence-corrected chi connectivity index (χ2v) is 8.64. The highest BCUT2D eigenvalue weighted by atomic mass is 35.5. The van der Waals surface area contributed by atoms with Crippen molar-refractivity contribution in [3.63, 3.8) is 0 Å². The Bertz CT molecular complexity index is 993. The molecule has 0 fully saturated rings. The molecule has 3 rings (SSSR count). The van der Waals surface area contributed by atoms with Gasteiger partial charge in [-0.2, -0.15) is 0 Å². The fourth-order valence-corrected chi connectivity index (χ4v) is 4.21. The normalized spacial score (nSPS) is 11.3. The third-order valence-corrected chi connectivity index (χ3v) is 6.24. The van der Waals surface area contributed by atoms with Gasteiger partial charge in [0.2, 0.25) is 0 Å². The van der Waals surface area contributed by atoms with Crippen molar-refractivity contribution in [1.82, 2.24) is 14.5 Å². The van der Waals surface area contributed by atoms with Gasteiger partial charge in [-0.15, -0.1) is 0 Å². The second kappa shape index (κ2) is 10.9. The van der Waals surface area contributed by atoms with Crippen molar-refractivity contribution in [2.24, 2.45) is 7.05 Å². The number of imidazole rings is 1. The molecule has 0 aliphatic carbocycles. The van der Waals surface area contributed by atoms with Crippen LogP contribution < -0.4 is 0 Å². The Kier molecular flexibility index (Phi) is 8.29. The Labute approximate surface area is 188 Å². The molecule has 160 valence electrons. The number of aromatic nitrogens is 3. The number of fused-ring (bicyclic) bond motifs is 1. The summed E-state index contributed by atoms with van der Waals surface area (Å²) in [5, 5.41) is 1.24. The van der Waals surface area contributed by atoms with E-state index in [9.17, 15) is 4.79 Å². The van der Waals surface area contributed by atoms with E-state index in [1.807, 2.05) is 35.9 Å². The van der Waals surface area contributed by atoms with E-state index in [2.05, 4.69) is 11.9 Å². The van der Waals surface area contributed by atoms with E-state index in [0.29, 0.717) is 28.5 Å². The number of rotatable bonds is 11. The maximum absolute atomic E-state index is 12.6. The lowest BCUT2D eigenvalue weighted by Gasteiger charge is -2.06. The van der Waals surface area contributed by atoms with Gasteiger partial charge in [-0.1, -0.05) is 74.7 Å². The predicted molar refractivity (Wildman–Crippen MR) is 125 cm³/mol. The number of Topliss-reactive ketones (excluding diaryl/α,β-unsaturated/α-hetero) is 1. The van der Waals surface area contributed by atoms with Gasteiger partial charge in [0.1, 0.15) is 11.3 Å². The number of benzene rings is 1. The number of halogens is 2. The summed E-state index contributed by atoms with van der Waals surface area (Å²) in [5.74, 6) is 0.948. The van der Waals surface area contributed by atoms with Crippen LogP contribution in [0.5, 0.6) is 0 Å². The van der Waals surface area contributed by atoms with Crippen molar-refractivity contribution < 1.29 is 4.79 Å². The highest BCUT2D eigenvalue weighted by Gasteiger charge is 2.15. The summed E-state index contributed by atoms with van der Waals surface area (Å²) < 4.78 is 1.93. The SMILES string of the molecule is CCCCCCCCCC(=O)c1cnc2c(c1)nc(Cc1c(Cl)cccc1Cl)n2C. The number of hydrogen-bond acceptors (Lipinski definition) is 3. The zero-order chi connectivity index (χ0) is 21.5. The number of carbonyl (C=O) groups excluding carboxylic acids is 1. The molecule has 0 aliphatic rings. The van der Waals surface area contributed by atoms with Crippen LogP contribution >= 0.6 is 23.2 Å². The van der Waals surface area contributed by atoms with E-state index in [0.717, 1.165) is 35.4 Å². The summed E-state index contributed by atoms with van der Waals surface area (Å²) in [6.45, 7) is 2.22. The minimum Gasteiger partial charge on any atom is -0.316 e. The molecule has 6 heteroatoms. The Morgan fingerprint density at radius 1 is 1.03 bits per heavy atom. The first-order valence-electron chi connectivity index (χ1n) is 10.8. The van der Waals surface area contributed by atoms with Crippen LogP contribution in [0.2, 0.25) is 10.0 Å². The maximum atomic E-state index is 12.6. The molecule has 0 saturated heterocycles. The molecule has 0 amide bonds. The minimum absolute atomic E-state index is 0.138. The molecular formula is C24H29Cl2N3O. The maximum Gasteiger partial charge on any atom is 0.164 e. The highest BCUT2D eigenvalue weighted by molar-refractivity contribution is 6.36. The van der Waals surface area contributed by atoms with Crippen molar-refractivity contribution in [2.75, 3.05) is 0 Å². The quantitative estimate of drug-likeness (QED) is 0.231. The van der Waals surface area contributed by atoms with Gasteiger partial charge in [0, 0.05) is 41.7 Å². The van der Waals surface area contributed by atoms with Crippen LogP contribution in [0.4, 0.5) is 0 Å². The molecule has 0 N–H and O–H groups in total. The molecule has 0 spiro atoms. The predicted octanol–water partition coefficient (Wildman–Crippen LogP) is 7.19. The van der Waals surface area contributed by atoms with Gasteiger partial charge in [-0.05, 0) is 30.2 Å². The smallest absolute Gasteiger partial charge is 0.164 e. The lowest BCUT2D eigenvalue weighted by Crippen LogP contribution is -2.02. The van der Waals surface area contributed by atoms with Gasteiger partial charge in [0.15, 0.2) is 11.4 Å². The number of nitrogens with zero attached hydrogens (tertiary/aromatic N) is 3. The van der Waals surface area contributed by atoms with E-state index in [4.69, 9.17) is 28.2 Å². The summed E-state index contributed by atoms with van der Waals surface area (Å²) in [5.41, 5.74) is 2.95. The van der Waals surface area contributed by atoms with Crippen LogP contribution in [0.3, 0.4) is 0 Å². The lowest BCUT2D eigenvalue weighted by molar-refractivity contribution is 0.0979. The number of carbonyl (C=O) groups is 1. The van der Waals surface area contributed by atoms with Crippen LogP contribution in [0, 0.1) is 0 Å². The molecule has 3 aromatic rings. The van der Waals surface area contributed by atoms with Gasteiger partial charge in [0.05, 0.1) is 0 Å². The third-order valence-electron chi connectivity index (χ3n) is 5.53. The molecule has 2 heterocycles. The summed E-state index contributed by atoms with van der Waals surface area (Å²) in [6.07, 6.45) is 11.1. The number of pyridine rings is 1. The molecule has 0 radical (unpaired) electrons. The van der Waals surface area contributed by atoms with Gasteiger partial charge in [-0.25, -0.2) is 9.97 Å². The van der Waals surface area contributed by atoms with Crippen molar-refractivity contribution in [3.8, 4) is 0 Å². The van der Waals surface area contributed by atoms with Crippen molar-refractivity contribution in [3.05, 3.63) is 57.5 Å². The fourth-order valence-electron chi connectivity index (χ4n) is 3.68. The Morgan fingerprint density at radius 3 is 2.40 bits per heavy atom. The molecule has 0 bridgehead atoms. The molecule has 30 heavy (non-hydrogen) atoms. The zero-order valence-corrected chi connectivity index (χ0v) is 19.3. The largest absolute Gasteiger partial charge is 0.316 e. The first kappa shape index (κ1) is 22.8. The average Bonchev–Trinajstić information content (AvgIpc) is 3.05. The summed E-state index contributed by atoms with van der Waals surface area (Å²) >= 11 is 12.6. The minimum atomic E-state index is 0.138. The van der Waals surface area contributed by atoms with Gasteiger partial charge >= 0.3 is 0 Å². The summed E-state index contributed by atoms with van der Waals surface area (Å²) in [7, 11) is 1.92. The molecule has 0 saturated carbocycles. The molecule has 0 unspecified atom stereocenters. The molecular weight excluding hydrogens is 417 g/mol. The van der Waals surface area contributed by atoms with Crippen LogP contribution in [0.25, 0.3) is 11.2 Å². The molecule has 1 aromatic carbocycles. The molecule has 0 aliphatic heterocycles. The summed E-state index contributed by atoms with van der Waals surface area (Å²) in [4.78, 5) is 21.8. The molecule has 0 atom stereocenters. The number of aryl methyl sites for hydroxylation is 1. The number of ketones is 1. The van der Waals surface area contributed by atoms with Crippen LogP contribution in [0.15, 0.2) is 30.5 Å². The van der Waals surface area contributed by atoms with Crippen molar-refractivity contribution in [2.45, 2.75) is 64.7 Å². The van der Waals surface area contributed by atoms with Gasteiger partial charge in [-0.3, -0.25) is 4.79 Å². The fraction of sp³-hybridized carbons (Fsp3) is 0.458. The van der Waals surface area contributed by atoms with Crippen LogP contribution in [0.1, 0.15) is 80.0 Å². The van der Waals surface area contributed by atoms with E-state index >= 15 is 0 Å². The summed E-state index contributed by atoms with van der Waals surface area (Å²) in [6, 6.07) is 7.33. The molecule has 2 aromatic heterocycles. The van der Waals surface area contributed by atoms with Crippen LogP contribution in [-0.4, -0.2) is 20.3 Å². The number of hydrogen-bond donors (Lipinski definition) is 0. The van der Waals surface area contributed by atoms with Crippen LogP contribution in [-0.2, 0) is 13.5 Å². The first-order chi connectivity index (χ1) is 14.5. The van der Waals surface area contributed by atoms with E-state index in [-0.39, 0.29) is 5.78 Å². The van der Waals surface area contributed by atoms with Gasteiger partial charge < -0.3 is 4.57 Å². The standard InChI is InChI=1S/C24H29Cl2N3O/c1-3-4-5-6-7-8-9-13-22(30)17-14-21-24(27-16-17)29(2)23(28-21)15-18-19(25)11-10-12-20(18)26/h10-12,14,16H,3-9,13,15H2,1-2H3. The highest BCUT2D eigenvalue weighted by Crippen LogP contribution is 2.27. The Hall–Kier alpha value is -1.91. The monoisotopic (exact) mass is 445 g/mol. The third kappa shape index (κ3) is 5.61.